The molecule has 0 radical (unpaired) electrons. The minimum Gasteiger partial charge on any atom is -0.381 e. The van der Waals surface area contributed by atoms with Gasteiger partial charge < -0.3 is 15.0 Å². The predicted molar refractivity (Wildman–Crippen MR) is 108 cm³/mol. The van der Waals surface area contributed by atoms with Crippen molar-refractivity contribution in [3.05, 3.63) is 60.2 Å². The molecule has 1 atom stereocenters. The normalized spacial score (nSPS) is 20.6. The molecule has 0 aromatic heterocycles. The minimum absolute atomic E-state index is 0.0117. The average molecular weight is 365 g/mol. The van der Waals surface area contributed by atoms with Crippen LogP contribution in [0.4, 0.5) is 11.4 Å². The fraction of sp³-hybridized carbons (Fsp3) is 0.409. The monoisotopic (exact) mass is 365 g/mol. The van der Waals surface area contributed by atoms with Crippen molar-refractivity contribution in [3.63, 3.8) is 0 Å². The summed E-state index contributed by atoms with van der Waals surface area (Å²) in [4.78, 5) is 17.1. The van der Waals surface area contributed by atoms with E-state index in [4.69, 9.17) is 4.74 Å². The van der Waals surface area contributed by atoms with Crippen LogP contribution in [-0.4, -0.2) is 50.2 Å². The van der Waals surface area contributed by atoms with Crippen LogP contribution in [0.1, 0.15) is 12.0 Å². The van der Waals surface area contributed by atoms with Gasteiger partial charge in [0.05, 0.1) is 12.5 Å². The summed E-state index contributed by atoms with van der Waals surface area (Å²) in [6.45, 7) is 6.43. The van der Waals surface area contributed by atoms with Gasteiger partial charge in [-0.25, -0.2) is 0 Å². The summed E-state index contributed by atoms with van der Waals surface area (Å²) >= 11 is 0. The maximum Gasteiger partial charge on any atom is 0.229 e. The van der Waals surface area contributed by atoms with E-state index in [1.165, 1.54) is 11.3 Å². The minimum atomic E-state index is -0.0117. The number of hydrogen-bond acceptors (Lipinski definition) is 4. The lowest BCUT2D eigenvalue weighted by Gasteiger charge is -2.36. The van der Waals surface area contributed by atoms with Gasteiger partial charge in [-0.1, -0.05) is 30.3 Å². The first kappa shape index (κ1) is 18.0. The van der Waals surface area contributed by atoms with Crippen LogP contribution in [0.5, 0.6) is 0 Å². The molecule has 142 valence electrons. The Morgan fingerprint density at radius 1 is 1.00 bits per heavy atom. The van der Waals surface area contributed by atoms with Gasteiger partial charge in [0.15, 0.2) is 0 Å². The molecule has 1 N–H and O–H groups in total. The molecule has 0 aliphatic carbocycles. The van der Waals surface area contributed by atoms with Crippen molar-refractivity contribution in [1.29, 1.82) is 0 Å². The summed E-state index contributed by atoms with van der Waals surface area (Å²) in [5.74, 6) is 0.0529. The Hall–Kier alpha value is -2.37. The molecule has 0 spiro atoms. The summed E-state index contributed by atoms with van der Waals surface area (Å²) in [6, 6.07) is 18.9. The summed E-state index contributed by atoms with van der Waals surface area (Å²) in [5, 5.41) is 3.00. The van der Waals surface area contributed by atoms with E-state index < -0.39 is 0 Å². The van der Waals surface area contributed by atoms with Gasteiger partial charge in [0.1, 0.15) is 0 Å². The topological polar surface area (TPSA) is 44.8 Å². The van der Waals surface area contributed by atoms with Crippen molar-refractivity contribution in [2.45, 2.75) is 13.0 Å². The third-order valence-corrected chi connectivity index (χ3v) is 5.42. The number of carbonyl (C=O) groups is 1. The van der Waals surface area contributed by atoms with Gasteiger partial charge in [0, 0.05) is 50.7 Å². The molecule has 1 amide bonds. The van der Waals surface area contributed by atoms with Gasteiger partial charge in [-0.3, -0.25) is 9.69 Å². The van der Waals surface area contributed by atoms with Crippen LogP contribution in [0, 0.1) is 5.92 Å². The van der Waals surface area contributed by atoms with Crippen molar-refractivity contribution in [3.8, 4) is 0 Å². The first-order chi connectivity index (χ1) is 13.3. The molecular weight excluding hydrogens is 338 g/mol. The van der Waals surface area contributed by atoms with Crippen molar-refractivity contribution in [2.24, 2.45) is 5.92 Å². The quantitative estimate of drug-likeness (QED) is 0.885. The number of anilines is 2. The Morgan fingerprint density at radius 2 is 1.74 bits per heavy atom. The highest BCUT2D eigenvalue weighted by Gasteiger charge is 2.23. The molecule has 2 aliphatic rings. The van der Waals surface area contributed by atoms with Crippen LogP contribution in [0.2, 0.25) is 0 Å². The second-order valence-electron chi connectivity index (χ2n) is 7.35. The molecule has 2 heterocycles. The zero-order valence-corrected chi connectivity index (χ0v) is 15.6. The van der Waals surface area contributed by atoms with Crippen molar-refractivity contribution in [2.75, 3.05) is 49.6 Å². The lowest BCUT2D eigenvalue weighted by Crippen LogP contribution is -2.45. The Morgan fingerprint density at radius 3 is 2.41 bits per heavy atom. The van der Waals surface area contributed by atoms with E-state index in [0.717, 1.165) is 44.8 Å². The van der Waals surface area contributed by atoms with E-state index in [0.29, 0.717) is 13.2 Å². The van der Waals surface area contributed by atoms with E-state index in [1.54, 1.807) is 0 Å². The van der Waals surface area contributed by atoms with Gasteiger partial charge in [-0.2, -0.15) is 0 Å². The fourth-order valence-corrected chi connectivity index (χ4v) is 3.75. The van der Waals surface area contributed by atoms with E-state index in [-0.39, 0.29) is 11.8 Å². The zero-order valence-electron chi connectivity index (χ0n) is 15.6. The van der Waals surface area contributed by atoms with Crippen molar-refractivity contribution < 1.29 is 9.53 Å². The van der Waals surface area contributed by atoms with Gasteiger partial charge >= 0.3 is 0 Å². The van der Waals surface area contributed by atoms with Crippen LogP contribution >= 0.6 is 0 Å². The molecule has 2 aliphatic heterocycles. The van der Waals surface area contributed by atoms with E-state index in [1.807, 2.05) is 12.1 Å². The van der Waals surface area contributed by atoms with E-state index in [2.05, 4.69) is 57.6 Å². The summed E-state index contributed by atoms with van der Waals surface area (Å²) < 4.78 is 5.29. The standard InChI is InChI=1S/C22H27N3O2/c26-22(19-10-15-27-17-19)23-20-6-8-21(9-7-20)25-13-11-24(12-14-25)16-18-4-2-1-3-5-18/h1-9,19H,10-17H2,(H,23,26)/t19-/m1/s1. The number of hydrogen-bond donors (Lipinski definition) is 1. The van der Waals surface area contributed by atoms with Crippen LogP contribution < -0.4 is 10.2 Å². The molecule has 0 unspecified atom stereocenters. The second kappa shape index (κ2) is 8.55. The highest BCUT2D eigenvalue weighted by atomic mass is 16.5. The number of nitrogens with one attached hydrogen (secondary N) is 1. The zero-order chi connectivity index (χ0) is 18.5. The fourth-order valence-electron chi connectivity index (χ4n) is 3.75. The number of carbonyl (C=O) groups excluding carboxylic acids is 1. The molecule has 0 bridgehead atoms. The summed E-state index contributed by atoms with van der Waals surface area (Å²) in [5.41, 5.74) is 3.45. The molecule has 5 nitrogen and oxygen atoms in total. The molecule has 2 saturated heterocycles. The Balaban J connectivity index is 1.27. The van der Waals surface area contributed by atoms with Gasteiger partial charge in [0.25, 0.3) is 0 Å². The van der Waals surface area contributed by atoms with Gasteiger partial charge in [0.2, 0.25) is 5.91 Å². The molecule has 27 heavy (non-hydrogen) atoms. The average Bonchev–Trinajstić information content (AvgIpc) is 3.25. The highest BCUT2D eigenvalue weighted by Crippen LogP contribution is 2.21. The molecule has 2 fully saturated rings. The van der Waals surface area contributed by atoms with Crippen molar-refractivity contribution in [1.82, 2.24) is 4.90 Å². The molecule has 0 saturated carbocycles. The number of amides is 1. The highest BCUT2D eigenvalue weighted by molar-refractivity contribution is 5.92. The Labute approximate surface area is 160 Å². The number of benzene rings is 2. The predicted octanol–water partition coefficient (Wildman–Crippen LogP) is 2.98. The number of ether oxygens (including phenoxy) is 1. The first-order valence-corrected chi connectivity index (χ1v) is 9.78. The number of rotatable bonds is 5. The lowest BCUT2D eigenvalue weighted by atomic mass is 10.1. The molecular formula is C22H27N3O2. The van der Waals surface area contributed by atoms with Gasteiger partial charge in [-0.05, 0) is 36.2 Å². The Bertz CT molecular complexity index is 734. The van der Waals surface area contributed by atoms with Crippen LogP contribution in [0.25, 0.3) is 0 Å². The maximum atomic E-state index is 12.2. The Kier molecular flexibility index (Phi) is 5.70. The third-order valence-electron chi connectivity index (χ3n) is 5.42. The molecule has 5 heteroatoms. The van der Waals surface area contributed by atoms with Gasteiger partial charge in [-0.15, -0.1) is 0 Å². The second-order valence-corrected chi connectivity index (χ2v) is 7.35. The van der Waals surface area contributed by atoms with Crippen LogP contribution in [-0.2, 0) is 16.1 Å². The maximum absolute atomic E-state index is 12.2. The third kappa shape index (κ3) is 4.67. The SMILES string of the molecule is O=C(Nc1ccc(N2CCN(Cc3ccccc3)CC2)cc1)[C@@H]1CCOC1. The smallest absolute Gasteiger partial charge is 0.229 e. The summed E-state index contributed by atoms with van der Waals surface area (Å²) in [7, 11) is 0. The van der Waals surface area contributed by atoms with Crippen molar-refractivity contribution >= 4 is 17.3 Å². The largest absolute Gasteiger partial charge is 0.381 e. The summed E-state index contributed by atoms with van der Waals surface area (Å²) in [6.07, 6.45) is 0.817. The van der Waals surface area contributed by atoms with Crippen LogP contribution in [0.3, 0.4) is 0 Å². The number of nitrogens with zero attached hydrogens (tertiary/aromatic N) is 2. The van der Waals surface area contributed by atoms with E-state index in [9.17, 15) is 4.79 Å². The molecule has 2 aromatic rings. The van der Waals surface area contributed by atoms with Crippen LogP contribution in [0.15, 0.2) is 54.6 Å². The molecule has 4 rings (SSSR count). The van der Waals surface area contributed by atoms with E-state index >= 15 is 0 Å². The lowest BCUT2D eigenvalue weighted by molar-refractivity contribution is -0.119. The molecule has 2 aromatic carbocycles. The number of piperazine rings is 1. The first-order valence-electron chi connectivity index (χ1n) is 9.78.